The maximum Gasteiger partial charge on any atom is 0 e. The molecule has 0 aromatic heterocycles. The molecular formula is C12H17Zr-. The summed E-state index contributed by atoms with van der Waals surface area (Å²) >= 11 is 0. The summed E-state index contributed by atoms with van der Waals surface area (Å²) < 4.78 is 0. The van der Waals surface area contributed by atoms with Crippen LogP contribution < -0.4 is 0 Å². The third kappa shape index (κ3) is 2.24. The van der Waals surface area contributed by atoms with E-state index in [-0.39, 0.29) is 26.2 Å². The smallest absolute Gasteiger partial charge is 0 e. The van der Waals surface area contributed by atoms with Crippen LogP contribution in [-0.2, 0) is 26.2 Å². The van der Waals surface area contributed by atoms with E-state index in [9.17, 15) is 0 Å². The average Bonchev–Trinajstić information content (AvgIpc) is 2.49. The molecule has 0 bridgehead atoms. The first-order valence-electron chi connectivity index (χ1n) is 5.01. The Labute approximate surface area is 101 Å². The summed E-state index contributed by atoms with van der Waals surface area (Å²) in [4.78, 5) is 0. The Morgan fingerprint density at radius 1 is 1.54 bits per heavy atom. The summed E-state index contributed by atoms with van der Waals surface area (Å²) in [7, 11) is 0. The monoisotopic (exact) mass is 251 g/mol. The molecule has 0 nitrogen and oxygen atoms in total. The number of fused-ring (bicyclic) bond motifs is 1. The van der Waals surface area contributed by atoms with Crippen LogP contribution in [0.4, 0.5) is 0 Å². The molecule has 70 valence electrons. The molecule has 0 aliphatic heterocycles. The van der Waals surface area contributed by atoms with Crippen molar-refractivity contribution >= 4 is 0 Å². The van der Waals surface area contributed by atoms with Gasteiger partial charge in [-0.3, -0.25) is 0 Å². The van der Waals surface area contributed by atoms with Crippen molar-refractivity contribution in [1.82, 2.24) is 0 Å². The molecule has 1 fully saturated rings. The first-order chi connectivity index (χ1) is 5.81. The molecule has 0 aromatic rings. The van der Waals surface area contributed by atoms with E-state index in [1.165, 1.54) is 12.8 Å². The van der Waals surface area contributed by atoms with Crippen LogP contribution in [0.25, 0.3) is 0 Å². The quantitative estimate of drug-likeness (QED) is 0.628. The standard InChI is InChI=1S/C12H17.Zr/c1-3-10-7-11-6-4-5-9(2)12(11)8-10;/h4-7,10-12H,3,8H2,1-2H3;/q-1;. The van der Waals surface area contributed by atoms with Gasteiger partial charge in [-0.2, -0.15) is 5.92 Å². The molecule has 1 saturated carbocycles. The number of rotatable bonds is 1. The number of allylic oxidation sites excluding steroid dienone is 4. The second-order valence-electron chi connectivity index (χ2n) is 4.08. The summed E-state index contributed by atoms with van der Waals surface area (Å²) in [6, 6.07) is 0. The fraction of sp³-hybridized carbons (Fsp3) is 0.583. The zero-order chi connectivity index (χ0) is 8.55. The van der Waals surface area contributed by atoms with Crippen LogP contribution in [0, 0.1) is 24.2 Å². The Hall–Kier alpha value is 0.363. The third-order valence-electron chi connectivity index (χ3n) is 3.32. The Balaban J connectivity index is 0.000000845. The van der Waals surface area contributed by atoms with Crippen molar-refractivity contribution in [2.45, 2.75) is 26.7 Å². The van der Waals surface area contributed by atoms with Crippen molar-refractivity contribution in [2.75, 3.05) is 0 Å². The van der Waals surface area contributed by atoms with Gasteiger partial charge < -0.3 is 6.42 Å². The van der Waals surface area contributed by atoms with Gasteiger partial charge in [0.2, 0.25) is 0 Å². The minimum atomic E-state index is 0. The van der Waals surface area contributed by atoms with Crippen LogP contribution in [0.5, 0.6) is 0 Å². The molecule has 2 aliphatic rings. The fourth-order valence-corrected chi connectivity index (χ4v) is 2.46. The molecule has 3 atom stereocenters. The Morgan fingerprint density at radius 3 is 2.92 bits per heavy atom. The van der Waals surface area contributed by atoms with Gasteiger partial charge in [-0.05, 0) is 12.8 Å². The molecule has 0 saturated heterocycles. The molecule has 3 unspecified atom stereocenters. The summed E-state index contributed by atoms with van der Waals surface area (Å²) in [6.45, 7) is 4.56. The summed E-state index contributed by atoms with van der Waals surface area (Å²) in [6.07, 6.45) is 12.1. The van der Waals surface area contributed by atoms with Gasteiger partial charge in [-0.15, -0.1) is 12.0 Å². The molecule has 0 spiro atoms. The molecule has 1 heteroatoms. The molecular weight excluding hydrogens is 235 g/mol. The van der Waals surface area contributed by atoms with E-state index in [1.807, 2.05) is 0 Å². The van der Waals surface area contributed by atoms with Crippen molar-refractivity contribution in [3.05, 3.63) is 30.2 Å². The van der Waals surface area contributed by atoms with Crippen LogP contribution in [0.3, 0.4) is 0 Å². The first-order valence-corrected chi connectivity index (χ1v) is 5.01. The summed E-state index contributed by atoms with van der Waals surface area (Å²) in [5.41, 5.74) is 1.58. The molecule has 0 heterocycles. The van der Waals surface area contributed by atoms with Crippen molar-refractivity contribution in [3.8, 4) is 0 Å². The third-order valence-corrected chi connectivity index (χ3v) is 3.32. The minimum Gasteiger partial charge on any atom is -0.318 e. The van der Waals surface area contributed by atoms with Crippen molar-refractivity contribution in [1.29, 1.82) is 0 Å². The van der Waals surface area contributed by atoms with Crippen LogP contribution in [0.2, 0.25) is 0 Å². The zero-order valence-corrected chi connectivity index (χ0v) is 10.9. The zero-order valence-electron chi connectivity index (χ0n) is 8.46. The molecule has 13 heavy (non-hydrogen) atoms. The predicted octanol–water partition coefficient (Wildman–Crippen LogP) is 3.37. The van der Waals surface area contributed by atoms with Crippen LogP contribution >= 0.6 is 0 Å². The molecule has 0 N–H and O–H groups in total. The van der Waals surface area contributed by atoms with Crippen LogP contribution in [-0.4, -0.2) is 0 Å². The Kier molecular flexibility index (Phi) is 4.17. The van der Waals surface area contributed by atoms with Gasteiger partial charge in [-0.1, -0.05) is 37.5 Å². The van der Waals surface area contributed by atoms with E-state index in [0.29, 0.717) is 0 Å². The molecule has 0 aromatic carbocycles. The SMILES string of the molecule is CCC1[CH-]C2C=CC=C(C)C2C1.[Zr]. The average molecular weight is 252 g/mol. The van der Waals surface area contributed by atoms with E-state index in [4.69, 9.17) is 0 Å². The Morgan fingerprint density at radius 2 is 2.31 bits per heavy atom. The van der Waals surface area contributed by atoms with Crippen molar-refractivity contribution in [2.24, 2.45) is 17.8 Å². The molecule has 2 aliphatic carbocycles. The van der Waals surface area contributed by atoms with Crippen molar-refractivity contribution in [3.63, 3.8) is 0 Å². The van der Waals surface area contributed by atoms with Crippen LogP contribution in [0.1, 0.15) is 26.7 Å². The van der Waals surface area contributed by atoms with E-state index in [2.05, 4.69) is 38.5 Å². The second kappa shape index (κ2) is 4.73. The van der Waals surface area contributed by atoms with Gasteiger partial charge in [0.05, 0.1) is 0 Å². The van der Waals surface area contributed by atoms with Crippen molar-refractivity contribution < 1.29 is 26.2 Å². The number of hydrogen-bond acceptors (Lipinski definition) is 0. The normalized spacial score (nSPS) is 36.5. The number of hydrogen-bond donors (Lipinski definition) is 0. The molecule has 0 radical (unpaired) electrons. The summed E-state index contributed by atoms with van der Waals surface area (Å²) in [5.74, 6) is 2.45. The van der Waals surface area contributed by atoms with E-state index >= 15 is 0 Å². The van der Waals surface area contributed by atoms with E-state index in [1.54, 1.807) is 5.57 Å². The second-order valence-corrected chi connectivity index (χ2v) is 4.08. The maximum atomic E-state index is 2.54. The minimum absolute atomic E-state index is 0. The van der Waals surface area contributed by atoms with Crippen LogP contribution in [0.15, 0.2) is 23.8 Å². The Bertz CT molecular complexity index is 227. The largest absolute Gasteiger partial charge is 0.318 e. The van der Waals surface area contributed by atoms with Gasteiger partial charge in [0.25, 0.3) is 0 Å². The van der Waals surface area contributed by atoms with Gasteiger partial charge in [0.15, 0.2) is 0 Å². The van der Waals surface area contributed by atoms with E-state index < -0.39 is 0 Å². The van der Waals surface area contributed by atoms with Gasteiger partial charge in [0.1, 0.15) is 0 Å². The van der Waals surface area contributed by atoms with Gasteiger partial charge in [-0.25, -0.2) is 0 Å². The van der Waals surface area contributed by atoms with E-state index in [0.717, 1.165) is 17.8 Å². The molecule has 2 rings (SSSR count). The topological polar surface area (TPSA) is 0 Å². The van der Waals surface area contributed by atoms with Gasteiger partial charge in [0, 0.05) is 26.2 Å². The fourth-order valence-electron chi connectivity index (χ4n) is 2.46. The first kappa shape index (κ1) is 11.4. The van der Waals surface area contributed by atoms with Gasteiger partial charge >= 0.3 is 0 Å². The molecule has 0 amide bonds. The maximum absolute atomic E-state index is 2.54. The predicted molar refractivity (Wildman–Crippen MR) is 52.6 cm³/mol. The summed E-state index contributed by atoms with van der Waals surface area (Å²) in [5, 5.41) is 0.